The second-order valence-electron chi connectivity index (χ2n) is 8.96. The van der Waals surface area contributed by atoms with Gasteiger partial charge in [0.05, 0.1) is 12.3 Å². The quantitative estimate of drug-likeness (QED) is 0.355. The Bertz CT molecular complexity index is 1070. The molecular weight excluding hydrogens is 434 g/mol. The predicted octanol–water partition coefficient (Wildman–Crippen LogP) is 2.08. The molecule has 2 aliphatic rings. The van der Waals surface area contributed by atoms with Gasteiger partial charge in [-0.3, -0.25) is 19.6 Å². The number of hydroxylamine groups is 2. The van der Waals surface area contributed by atoms with Crippen molar-refractivity contribution in [2.45, 2.75) is 56.5 Å². The summed E-state index contributed by atoms with van der Waals surface area (Å²) in [5.74, 6) is -1.96. The molecule has 1 aromatic carbocycles. The Kier molecular flexibility index (Phi) is 7.42. The summed E-state index contributed by atoms with van der Waals surface area (Å²) in [5, 5.41) is 14.3. The summed E-state index contributed by atoms with van der Waals surface area (Å²) in [6.45, 7) is 1.37. The molecule has 0 saturated carbocycles. The lowest BCUT2D eigenvalue weighted by atomic mass is 9.93. The standard InChI is InChI=1S/C25H31N5O4/c26-24(32)21(28-12-7-8-13-28)16-23(31)30(34)22-15-18-17-29(20-10-4-3-9-19(18)20)14-6-2-1-5-11-27-25(22)33/h3-4,7-10,12-13,17-18,21-22,34H,1-2,5-6,11,14-16H2,(H2-,26,27,32,33)/p+1/t18?,21-,22+/m1/s1. The Morgan fingerprint density at radius 2 is 1.88 bits per heavy atom. The number of rotatable bonds is 5. The van der Waals surface area contributed by atoms with Gasteiger partial charge in [-0.05, 0) is 31.4 Å². The van der Waals surface area contributed by atoms with Crippen LogP contribution in [-0.4, -0.2) is 62.5 Å². The van der Waals surface area contributed by atoms with E-state index >= 15 is 0 Å². The summed E-state index contributed by atoms with van der Waals surface area (Å²) in [4.78, 5) is 38.1. The Hall–Kier alpha value is -3.46. The van der Waals surface area contributed by atoms with Crippen molar-refractivity contribution in [2.75, 3.05) is 13.1 Å². The van der Waals surface area contributed by atoms with Crippen LogP contribution in [0.5, 0.6) is 0 Å². The topological polar surface area (TPSA) is 121 Å². The lowest BCUT2D eigenvalue weighted by Gasteiger charge is -2.27. The van der Waals surface area contributed by atoms with E-state index in [1.165, 1.54) is 4.57 Å². The molecule has 0 spiro atoms. The highest BCUT2D eigenvalue weighted by atomic mass is 16.5. The molecule has 4 rings (SSSR count). The third-order valence-electron chi connectivity index (χ3n) is 6.64. The first-order chi connectivity index (χ1) is 16.5. The lowest BCUT2D eigenvalue weighted by molar-refractivity contribution is -0.433. The number of para-hydroxylation sites is 1. The molecule has 9 nitrogen and oxygen atoms in total. The largest absolute Gasteiger partial charge is 0.368 e. The molecule has 4 N–H and O–H groups in total. The average Bonchev–Trinajstić information content (AvgIpc) is 3.48. The summed E-state index contributed by atoms with van der Waals surface area (Å²) in [6, 6.07) is 9.42. The second kappa shape index (κ2) is 10.6. The maximum atomic E-state index is 13.1. The van der Waals surface area contributed by atoms with Crippen LogP contribution in [0.2, 0.25) is 0 Å². The van der Waals surface area contributed by atoms with Crippen LogP contribution in [-0.2, 0) is 14.4 Å². The first kappa shape index (κ1) is 23.7. The molecule has 0 aliphatic carbocycles. The Labute approximate surface area is 198 Å². The predicted molar refractivity (Wildman–Crippen MR) is 126 cm³/mol. The number of nitrogens with one attached hydrogen (secondary N) is 1. The highest BCUT2D eigenvalue weighted by molar-refractivity contribution is 5.90. The van der Waals surface area contributed by atoms with Crippen molar-refractivity contribution in [3.8, 4) is 0 Å². The zero-order valence-electron chi connectivity index (χ0n) is 19.2. The third-order valence-corrected chi connectivity index (χ3v) is 6.64. The lowest BCUT2D eigenvalue weighted by Crippen LogP contribution is -2.49. The van der Waals surface area contributed by atoms with E-state index in [0.717, 1.165) is 43.5 Å². The molecule has 180 valence electrons. The van der Waals surface area contributed by atoms with Crippen LogP contribution in [0.1, 0.15) is 56.0 Å². The minimum absolute atomic E-state index is 0.133. The SMILES string of the molecule is NC(=O)[C@@H](CC(=O)N(O)[C@H]1CC2C=[N+](CCCCCCNC1=O)c1ccccc12)n1cccc1. The number of amides is 3. The van der Waals surface area contributed by atoms with E-state index in [-0.39, 0.29) is 18.8 Å². The number of fused-ring (bicyclic) bond motifs is 4. The number of carbonyl (C=O) groups excluding carboxylic acids is 3. The van der Waals surface area contributed by atoms with Gasteiger partial charge in [0.15, 0.2) is 6.21 Å². The fourth-order valence-corrected chi connectivity index (χ4v) is 4.81. The number of aromatic nitrogens is 1. The fraction of sp³-hybridized carbons (Fsp3) is 0.440. The zero-order chi connectivity index (χ0) is 24.1. The van der Waals surface area contributed by atoms with E-state index < -0.39 is 29.8 Å². The van der Waals surface area contributed by atoms with Crippen LogP contribution < -0.4 is 11.1 Å². The zero-order valence-corrected chi connectivity index (χ0v) is 19.2. The summed E-state index contributed by atoms with van der Waals surface area (Å²) in [7, 11) is 0. The second-order valence-corrected chi connectivity index (χ2v) is 8.96. The number of benzene rings is 1. The summed E-state index contributed by atoms with van der Waals surface area (Å²) in [6.07, 6.45) is 9.18. The van der Waals surface area contributed by atoms with Crippen molar-refractivity contribution in [2.24, 2.45) is 5.73 Å². The fourth-order valence-electron chi connectivity index (χ4n) is 4.81. The first-order valence-electron chi connectivity index (χ1n) is 11.9. The summed E-state index contributed by atoms with van der Waals surface area (Å²) < 4.78 is 3.74. The van der Waals surface area contributed by atoms with Crippen LogP contribution in [0.4, 0.5) is 5.69 Å². The molecule has 1 aromatic heterocycles. The molecular formula is C25H32N5O4+. The van der Waals surface area contributed by atoms with E-state index in [9.17, 15) is 19.6 Å². The van der Waals surface area contributed by atoms with Crippen molar-refractivity contribution in [1.82, 2.24) is 14.9 Å². The molecule has 0 radical (unpaired) electrons. The van der Waals surface area contributed by atoms with Crippen molar-refractivity contribution >= 4 is 29.6 Å². The Balaban J connectivity index is 1.58. The number of nitrogens with zero attached hydrogens (tertiary/aromatic N) is 3. The Morgan fingerprint density at radius 1 is 1.15 bits per heavy atom. The molecule has 1 unspecified atom stereocenters. The van der Waals surface area contributed by atoms with Gasteiger partial charge in [0.2, 0.25) is 23.4 Å². The molecule has 2 aliphatic heterocycles. The van der Waals surface area contributed by atoms with Crippen LogP contribution >= 0.6 is 0 Å². The van der Waals surface area contributed by atoms with Gasteiger partial charge in [0.25, 0.3) is 0 Å². The molecule has 2 aromatic rings. The number of carbonyl (C=O) groups is 3. The number of hydrogen-bond acceptors (Lipinski definition) is 4. The number of hydrogen-bond donors (Lipinski definition) is 3. The van der Waals surface area contributed by atoms with Gasteiger partial charge >= 0.3 is 0 Å². The minimum Gasteiger partial charge on any atom is -0.368 e. The first-order valence-corrected chi connectivity index (χ1v) is 11.9. The van der Waals surface area contributed by atoms with Gasteiger partial charge in [-0.2, -0.15) is 0 Å². The molecule has 0 saturated heterocycles. The number of nitrogens with two attached hydrogens (primary N) is 1. The average molecular weight is 467 g/mol. The molecule has 0 fully saturated rings. The van der Waals surface area contributed by atoms with Gasteiger partial charge in [0.1, 0.15) is 18.6 Å². The monoisotopic (exact) mass is 466 g/mol. The highest BCUT2D eigenvalue weighted by Crippen LogP contribution is 2.35. The van der Waals surface area contributed by atoms with Crippen molar-refractivity contribution in [3.63, 3.8) is 0 Å². The molecule has 3 amide bonds. The molecule has 34 heavy (non-hydrogen) atoms. The van der Waals surface area contributed by atoms with Gasteiger partial charge in [-0.25, -0.2) is 9.64 Å². The molecule has 9 heteroatoms. The van der Waals surface area contributed by atoms with E-state index in [1.54, 1.807) is 24.5 Å². The van der Waals surface area contributed by atoms with Crippen LogP contribution in [0, 0.1) is 0 Å². The smallest absolute Gasteiger partial charge is 0.249 e. The van der Waals surface area contributed by atoms with Gasteiger partial charge in [-0.1, -0.05) is 24.6 Å². The van der Waals surface area contributed by atoms with Crippen LogP contribution in [0.25, 0.3) is 0 Å². The van der Waals surface area contributed by atoms with Crippen molar-refractivity contribution in [1.29, 1.82) is 0 Å². The Morgan fingerprint density at radius 3 is 2.65 bits per heavy atom. The minimum atomic E-state index is -1.10. The normalized spacial score (nSPS) is 21.7. The number of primary amides is 1. The van der Waals surface area contributed by atoms with E-state index in [2.05, 4.69) is 22.2 Å². The molecule has 3 heterocycles. The van der Waals surface area contributed by atoms with Crippen LogP contribution in [0.15, 0.2) is 48.8 Å². The summed E-state index contributed by atoms with van der Waals surface area (Å²) >= 11 is 0. The van der Waals surface area contributed by atoms with Crippen molar-refractivity contribution < 1.29 is 24.2 Å². The van der Waals surface area contributed by atoms with Gasteiger partial charge in [-0.15, -0.1) is 0 Å². The van der Waals surface area contributed by atoms with E-state index in [4.69, 9.17) is 5.73 Å². The summed E-state index contributed by atoms with van der Waals surface area (Å²) in [5.41, 5.74) is 7.68. The molecule has 2 bridgehead atoms. The van der Waals surface area contributed by atoms with Gasteiger partial charge < -0.3 is 15.6 Å². The van der Waals surface area contributed by atoms with Gasteiger partial charge in [0, 0.05) is 37.0 Å². The van der Waals surface area contributed by atoms with E-state index in [0.29, 0.717) is 11.6 Å². The van der Waals surface area contributed by atoms with Crippen molar-refractivity contribution in [3.05, 3.63) is 54.4 Å². The highest BCUT2D eigenvalue weighted by Gasteiger charge is 2.38. The van der Waals surface area contributed by atoms with E-state index in [1.807, 2.05) is 18.2 Å². The van der Waals surface area contributed by atoms with Crippen LogP contribution in [0.3, 0.4) is 0 Å². The maximum absolute atomic E-state index is 13.1. The maximum Gasteiger partial charge on any atom is 0.249 e. The third kappa shape index (κ3) is 5.20. The molecule has 3 atom stereocenters.